The Kier molecular flexibility index (Phi) is 5.55. The lowest BCUT2D eigenvalue weighted by Gasteiger charge is -2.23. The van der Waals surface area contributed by atoms with Crippen LogP contribution in [0.2, 0.25) is 0 Å². The molecule has 0 amide bonds. The summed E-state index contributed by atoms with van der Waals surface area (Å²) >= 11 is 0. The zero-order valence-corrected chi connectivity index (χ0v) is 12.4. The summed E-state index contributed by atoms with van der Waals surface area (Å²) in [5, 5.41) is 9.08. The minimum Gasteiger partial charge on any atom is -0.481 e. The zero-order chi connectivity index (χ0) is 14.5. The van der Waals surface area contributed by atoms with E-state index in [-0.39, 0.29) is 0 Å². The number of benzene rings is 1. The number of carbonyl (C=O) groups is 1. The number of hydrogen-bond donors (Lipinski definition) is 1. The number of nitrogens with zero attached hydrogens (tertiary/aromatic N) is 1. The van der Waals surface area contributed by atoms with Crippen molar-refractivity contribution in [2.24, 2.45) is 5.41 Å². The van der Waals surface area contributed by atoms with Crippen LogP contribution < -0.4 is 0 Å². The van der Waals surface area contributed by atoms with Gasteiger partial charge in [0.1, 0.15) is 0 Å². The first-order chi connectivity index (χ1) is 8.83. The molecule has 0 aliphatic rings. The molecule has 1 aromatic rings. The fourth-order valence-corrected chi connectivity index (χ4v) is 1.89. The van der Waals surface area contributed by atoms with Crippen molar-refractivity contribution in [1.82, 2.24) is 4.90 Å². The fourth-order valence-electron chi connectivity index (χ4n) is 1.89. The smallest absolute Gasteiger partial charge is 0.309 e. The summed E-state index contributed by atoms with van der Waals surface area (Å²) in [7, 11) is 2.05. The molecular formula is C16H25NO2. The maximum Gasteiger partial charge on any atom is 0.309 e. The van der Waals surface area contributed by atoms with E-state index >= 15 is 0 Å². The van der Waals surface area contributed by atoms with E-state index in [1.807, 2.05) is 0 Å². The summed E-state index contributed by atoms with van der Waals surface area (Å²) in [4.78, 5) is 13.2. The Morgan fingerprint density at radius 2 is 1.89 bits per heavy atom. The van der Waals surface area contributed by atoms with Crippen molar-refractivity contribution in [3.8, 4) is 0 Å². The van der Waals surface area contributed by atoms with Gasteiger partial charge in [0.15, 0.2) is 0 Å². The second-order valence-corrected chi connectivity index (χ2v) is 5.92. The molecule has 0 saturated heterocycles. The monoisotopic (exact) mass is 263 g/mol. The topological polar surface area (TPSA) is 40.5 Å². The predicted molar refractivity (Wildman–Crippen MR) is 78.4 cm³/mol. The van der Waals surface area contributed by atoms with Crippen molar-refractivity contribution < 1.29 is 9.90 Å². The van der Waals surface area contributed by atoms with Crippen molar-refractivity contribution in [2.75, 3.05) is 20.1 Å². The number of carboxylic acid groups (broad SMARTS) is 1. The van der Waals surface area contributed by atoms with Crippen LogP contribution >= 0.6 is 0 Å². The van der Waals surface area contributed by atoms with Crippen molar-refractivity contribution in [1.29, 1.82) is 0 Å². The van der Waals surface area contributed by atoms with Gasteiger partial charge < -0.3 is 10.0 Å². The average molecular weight is 263 g/mol. The SMILES string of the molecule is Cc1ccccc1CCN(C)CCC(C)(C)C(=O)O. The third-order valence-electron chi connectivity index (χ3n) is 3.72. The maximum atomic E-state index is 11.0. The largest absolute Gasteiger partial charge is 0.481 e. The molecular weight excluding hydrogens is 238 g/mol. The van der Waals surface area contributed by atoms with Crippen LogP contribution in [0.3, 0.4) is 0 Å². The molecule has 0 unspecified atom stereocenters. The normalized spacial score (nSPS) is 11.8. The quantitative estimate of drug-likeness (QED) is 0.822. The molecule has 1 N–H and O–H groups in total. The van der Waals surface area contributed by atoms with E-state index in [0.717, 1.165) is 19.5 Å². The number of hydrogen-bond acceptors (Lipinski definition) is 2. The summed E-state index contributed by atoms with van der Waals surface area (Å²) in [6.45, 7) is 7.46. The Hall–Kier alpha value is -1.35. The van der Waals surface area contributed by atoms with E-state index in [2.05, 4.69) is 43.1 Å². The molecule has 0 bridgehead atoms. The van der Waals surface area contributed by atoms with Gasteiger partial charge in [-0.05, 0) is 58.3 Å². The minimum atomic E-state index is -0.722. The first-order valence-electron chi connectivity index (χ1n) is 6.79. The van der Waals surface area contributed by atoms with E-state index in [9.17, 15) is 4.79 Å². The summed E-state index contributed by atoms with van der Waals surface area (Å²) < 4.78 is 0. The van der Waals surface area contributed by atoms with Gasteiger partial charge in [-0.2, -0.15) is 0 Å². The minimum absolute atomic E-state index is 0.642. The van der Waals surface area contributed by atoms with E-state index in [4.69, 9.17) is 5.11 Å². The molecule has 0 spiro atoms. The Balaban J connectivity index is 2.39. The first-order valence-corrected chi connectivity index (χ1v) is 6.79. The van der Waals surface area contributed by atoms with E-state index in [1.54, 1.807) is 13.8 Å². The molecule has 106 valence electrons. The van der Waals surface area contributed by atoms with Crippen molar-refractivity contribution in [3.05, 3.63) is 35.4 Å². The molecule has 1 aromatic carbocycles. The molecule has 3 nitrogen and oxygen atoms in total. The van der Waals surface area contributed by atoms with Gasteiger partial charge in [-0.15, -0.1) is 0 Å². The second-order valence-electron chi connectivity index (χ2n) is 5.92. The maximum absolute atomic E-state index is 11.0. The Morgan fingerprint density at radius 3 is 2.47 bits per heavy atom. The fraction of sp³-hybridized carbons (Fsp3) is 0.562. The van der Waals surface area contributed by atoms with Gasteiger partial charge in [-0.25, -0.2) is 0 Å². The standard InChI is InChI=1S/C16H25NO2/c1-13-7-5-6-8-14(13)9-11-17(4)12-10-16(2,3)15(18)19/h5-8H,9-12H2,1-4H3,(H,18,19). The highest BCUT2D eigenvalue weighted by Gasteiger charge is 2.26. The summed E-state index contributed by atoms with van der Waals surface area (Å²) in [5.41, 5.74) is 2.05. The second kappa shape index (κ2) is 6.71. The molecule has 0 aliphatic heterocycles. The Bertz CT molecular complexity index is 427. The molecule has 1 rings (SSSR count). The number of rotatable bonds is 7. The van der Waals surface area contributed by atoms with Crippen molar-refractivity contribution in [2.45, 2.75) is 33.6 Å². The third-order valence-corrected chi connectivity index (χ3v) is 3.72. The zero-order valence-electron chi connectivity index (χ0n) is 12.4. The first kappa shape index (κ1) is 15.7. The lowest BCUT2D eigenvalue weighted by atomic mass is 9.89. The van der Waals surface area contributed by atoms with Crippen LogP contribution in [0, 0.1) is 12.3 Å². The van der Waals surface area contributed by atoms with E-state index in [0.29, 0.717) is 6.42 Å². The Labute approximate surface area is 116 Å². The number of likely N-dealkylation sites (N-methyl/N-ethyl adjacent to an activating group) is 1. The lowest BCUT2D eigenvalue weighted by molar-refractivity contribution is -0.147. The number of aryl methyl sites for hydroxylation is 1. The Morgan fingerprint density at radius 1 is 1.26 bits per heavy atom. The van der Waals surface area contributed by atoms with E-state index < -0.39 is 11.4 Å². The van der Waals surface area contributed by atoms with Gasteiger partial charge in [0.25, 0.3) is 0 Å². The molecule has 3 heteroatoms. The van der Waals surface area contributed by atoms with Crippen LogP contribution in [-0.4, -0.2) is 36.1 Å². The summed E-state index contributed by atoms with van der Waals surface area (Å²) in [6, 6.07) is 8.40. The molecule has 0 heterocycles. The van der Waals surface area contributed by atoms with Gasteiger partial charge in [0.2, 0.25) is 0 Å². The summed E-state index contributed by atoms with van der Waals surface area (Å²) in [6.07, 6.45) is 1.68. The highest BCUT2D eigenvalue weighted by Crippen LogP contribution is 2.20. The highest BCUT2D eigenvalue weighted by atomic mass is 16.4. The predicted octanol–water partition coefficient (Wildman–Crippen LogP) is 2.97. The van der Waals surface area contributed by atoms with Crippen LogP contribution in [0.15, 0.2) is 24.3 Å². The van der Waals surface area contributed by atoms with E-state index in [1.165, 1.54) is 11.1 Å². The molecule has 0 aromatic heterocycles. The van der Waals surface area contributed by atoms with Crippen LogP contribution in [0.4, 0.5) is 0 Å². The van der Waals surface area contributed by atoms with Crippen LogP contribution in [0.1, 0.15) is 31.4 Å². The molecule has 0 fully saturated rings. The molecule has 0 atom stereocenters. The van der Waals surface area contributed by atoms with Gasteiger partial charge >= 0.3 is 5.97 Å². The molecule has 0 saturated carbocycles. The van der Waals surface area contributed by atoms with Crippen molar-refractivity contribution >= 4 is 5.97 Å². The molecule has 0 aliphatic carbocycles. The lowest BCUT2D eigenvalue weighted by Crippen LogP contribution is -2.31. The third kappa shape index (κ3) is 5.03. The highest BCUT2D eigenvalue weighted by molar-refractivity contribution is 5.73. The van der Waals surface area contributed by atoms with Crippen molar-refractivity contribution in [3.63, 3.8) is 0 Å². The average Bonchev–Trinajstić information content (AvgIpc) is 2.35. The molecule has 0 radical (unpaired) electrons. The van der Waals surface area contributed by atoms with Crippen LogP contribution in [0.5, 0.6) is 0 Å². The van der Waals surface area contributed by atoms with Crippen LogP contribution in [0.25, 0.3) is 0 Å². The van der Waals surface area contributed by atoms with Gasteiger partial charge in [-0.3, -0.25) is 4.79 Å². The van der Waals surface area contributed by atoms with Gasteiger partial charge in [0, 0.05) is 6.54 Å². The summed E-state index contributed by atoms with van der Waals surface area (Å²) in [5.74, 6) is -0.722. The number of carboxylic acids is 1. The van der Waals surface area contributed by atoms with Gasteiger partial charge in [-0.1, -0.05) is 24.3 Å². The number of aliphatic carboxylic acids is 1. The van der Waals surface area contributed by atoms with Crippen LogP contribution in [-0.2, 0) is 11.2 Å². The molecule has 19 heavy (non-hydrogen) atoms. The van der Waals surface area contributed by atoms with Gasteiger partial charge in [0.05, 0.1) is 5.41 Å².